The molecule has 0 nitrogen and oxygen atoms in total. The first-order valence-corrected chi connectivity index (χ1v) is 7.97. The Bertz CT molecular complexity index is 106. The Balaban J connectivity index is -0.0000000118. The smallest absolute Gasteiger partial charge is 0 e. The maximum absolute atomic E-state index is 3.48. The number of hydrogen-bond donors (Lipinski definition) is 0. The Morgan fingerprint density at radius 1 is 0.875 bits per heavy atom. The molecule has 0 amide bonds. The molecule has 0 aliphatic heterocycles. The number of allylic oxidation sites excluding steroid dienone is 3. The summed E-state index contributed by atoms with van der Waals surface area (Å²) in [5, 5.41) is 0. The van der Waals surface area contributed by atoms with Crippen LogP contribution in [-0.4, -0.2) is 0 Å². The van der Waals surface area contributed by atoms with Gasteiger partial charge in [0, 0.05) is 18.6 Å². The van der Waals surface area contributed by atoms with E-state index in [1.54, 1.807) is 6.08 Å². The van der Waals surface area contributed by atoms with Crippen molar-refractivity contribution in [2.24, 2.45) is 5.92 Å². The van der Waals surface area contributed by atoms with Gasteiger partial charge in [-0.1, -0.05) is 74.0 Å². The molecule has 1 heteroatoms. The van der Waals surface area contributed by atoms with E-state index in [-0.39, 0.29) is 33.4 Å². The van der Waals surface area contributed by atoms with Crippen molar-refractivity contribution in [3.8, 4) is 0 Å². The zero-order valence-electron chi connectivity index (χ0n) is 19.4. The molecule has 153 valence electrons. The molecule has 0 spiro atoms. The van der Waals surface area contributed by atoms with Crippen LogP contribution >= 0.6 is 0 Å². The van der Waals surface area contributed by atoms with Gasteiger partial charge in [0.05, 0.1) is 0 Å². The SMILES string of the molecule is C=C.C=CC.C=CCC.C=C[CH2-].CC.CC(C)C.CCC.[CH3-].[CH3-].[V]. The second-order valence-corrected chi connectivity index (χ2v) is 3.83. The Hall–Kier alpha value is -0.586. The van der Waals surface area contributed by atoms with E-state index in [1.165, 1.54) is 12.5 Å². The predicted octanol–water partition coefficient (Wildman–Crippen LogP) is 9.59. The molecular weight excluding hydrogens is 327 g/mol. The topological polar surface area (TPSA) is 0 Å². The van der Waals surface area contributed by atoms with Crippen LogP contribution in [0.5, 0.6) is 0 Å². The van der Waals surface area contributed by atoms with Crippen molar-refractivity contribution in [2.75, 3.05) is 0 Å². The Morgan fingerprint density at radius 2 is 0.917 bits per heavy atom. The molecule has 0 atom stereocenters. The molecule has 0 aromatic rings. The molecule has 0 aliphatic rings. The van der Waals surface area contributed by atoms with E-state index >= 15 is 0 Å². The van der Waals surface area contributed by atoms with Gasteiger partial charge in [-0.25, -0.2) is 19.6 Å². The number of rotatable bonds is 1. The minimum Gasteiger partial charge on any atom is -0.358 e. The molecule has 0 rings (SSSR count). The molecule has 0 fully saturated rings. The van der Waals surface area contributed by atoms with Crippen molar-refractivity contribution < 1.29 is 18.6 Å². The maximum atomic E-state index is 3.48. The summed E-state index contributed by atoms with van der Waals surface area (Å²) in [6, 6.07) is 0. The predicted molar refractivity (Wildman–Crippen MR) is 124 cm³/mol. The zero-order chi connectivity index (χ0) is 19.1. The molecule has 0 saturated heterocycles. The van der Waals surface area contributed by atoms with E-state index in [0.29, 0.717) is 0 Å². The largest absolute Gasteiger partial charge is 0.358 e. The summed E-state index contributed by atoms with van der Waals surface area (Å²) in [4.78, 5) is 0. The zero-order valence-corrected chi connectivity index (χ0v) is 20.8. The summed E-state index contributed by atoms with van der Waals surface area (Å²) < 4.78 is 0. The van der Waals surface area contributed by atoms with Crippen LogP contribution in [0.2, 0.25) is 0 Å². The van der Waals surface area contributed by atoms with Crippen molar-refractivity contribution >= 4 is 0 Å². The van der Waals surface area contributed by atoms with E-state index in [0.717, 1.165) is 12.3 Å². The van der Waals surface area contributed by atoms with Gasteiger partial charge in [0.15, 0.2) is 0 Å². The van der Waals surface area contributed by atoms with Crippen LogP contribution in [0.3, 0.4) is 0 Å². The van der Waals surface area contributed by atoms with E-state index in [2.05, 4.69) is 81.4 Å². The minimum atomic E-state index is 0. The molecule has 0 N–H and O–H groups in total. The van der Waals surface area contributed by atoms with Crippen LogP contribution in [0.4, 0.5) is 0 Å². The third-order valence-electron chi connectivity index (χ3n) is 0.289. The molecule has 0 aromatic heterocycles. The molecule has 0 heterocycles. The summed E-state index contributed by atoms with van der Waals surface area (Å²) in [7, 11) is 0. The van der Waals surface area contributed by atoms with E-state index < -0.39 is 0 Å². The van der Waals surface area contributed by atoms with Crippen molar-refractivity contribution in [3.05, 3.63) is 72.9 Å². The molecular formula is C23H53V-3. The van der Waals surface area contributed by atoms with Crippen molar-refractivity contribution in [1.29, 1.82) is 0 Å². The normalized spacial score (nSPS) is 4.75. The second kappa shape index (κ2) is 187. The Kier molecular flexibility index (Phi) is 509. The second-order valence-electron chi connectivity index (χ2n) is 3.83. The standard InChI is InChI=1S/C4H10.C4H8.C3H8.C3H6.C3H5.C2H6.C2H4.2CH3.V/c1-4(2)3;1-3-4-2;3*1-3-2;2*1-2;;;/h4H,1-3H3;3H,1,4H2,2H3;3H2,1-2H3;3H,1H2,2H3;3H,1-2H2;1-2H3;1-2H2;2*1H3;/q;;;;-1;;;2*-1;. The first-order valence-electron chi connectivity index (χ1n) is 7.97. The van der Waals surface area contributed by atoms with E-state index in [9.17, 15) is 0 Å². The van der Waals surface area contributed by atoms with Gasteiger partial charge in [0.1, 0.15) is 0 Å². The fourth-order valence-corrected chi connectivity index (χ4v) is 0. The minimum absolute atomic E-state index is 0. The van der Waals surface area contributed by atoms with E-state index in [4.69, 9.17) is 0 Å². The molecule has 0 bridgehead atoms. The average molecular weight is 381 g/mol. The molecule has 24 heavy (non-hydrogen) atoms. The van der Waals surface area contributed by atoms with Crippen LogP contribution in [-0.2, 0) is 18.6 Å². The van der Waals surface area contributed by atoms with Crippen LogP contribution in [0.15, 0.2) is 51.1 Å². The summed E-state index contributed by atoms with van der Waals surface area (Å²) in [6.45, 7) is 38.0. The van der Waals surface area contributed by atoms with Gasteiger partial charge >= 0.3 is 0 Å². The van der Waals surface area contributed by atoms with Gasteiger partial charge < -0.3 is 14.9 Å². The fraction of sp³-hybridized carbons (Fsp3) is 0.522. The van der Waals surface area contributed by atoms with Gasteiger partial charge in [-0.15, -0.1) is 26.3 Å². The maximum Gasteiger partial charge on any atom is 0 e. The molecule has 1 radical (unpaired) electrons. The molecule has 0 aliphatic carbocycles. The molecule has 0 aromatic carbocycles. The first kappa shape index (κ1) is 65.4. The summed E-state index contributed by atoms with van der Waals surface area (Å²) in [5.74, 6) is 0.833. The quantitative estimate of drug-likeness (QED) is 0.314. The van der Waals surface area contributed by atoms with Gasteiger partial charge in [0.25, 0.3) is 0 Å². The average Bonchev–Trinajstić information content (AvgIpc) is 2.45. The van der Waals surface area contributed by atoms with Crippen LogP contribution < -0.4 is 0 Å². The summed E-state index contributed by atoms with van der Waals surface area (Å²) in [6.07, 6.45) is 7.46. The molecule has 0 saturated carbocycles. The van der Waals surface area contributed by atoms with Crippen LogP contribution in [0.1, 0.15) is 75.2 Å². The van der Waals surface area contributed by atoms with Gasteiger partial charge in [-0.2, -0.15) is 0 Å². The molecule has 0 unspecified atom stereocenters. The van der Waals surface area contributed by atoms with E-state index in [1.807, 2.05) is 26.8 Å². The van der Waals surface area contributed by atoms with Crippen molar-refractivity contribution in [2.45, 2.75) is 75.2 Å². The van der Waals surface area contributed by atoms with Gasteiger partial charge in [0.2, 0.25) is 0 Å². The third-order valence-corrected chi connectivity index (χ3v) is 0.289. The van der Waals surface area contributed by atoms with Crippen molar-refractivity contribution in [3.63, 3.8) is 0 Å². The fourth-order valence-electron chi connectivity index (χ4n) is 0. The van der Waals surface area contributed by atoms with Gasteiger partial charge in [-0.3, -0.25) is 0 Å². The Labute approximate surface area is 172 Å². The van der Waals surface area contributed by atoms with Crippen molar-refractivity contribution in [1.82, 2.24) is 0 Å². The summed E-state index contributed by atoms with van der Waals surface area (Å²) in [5.41, 5.74) is 0. The monoisotopic (exact) mass is 380 g/mol. The van der Waals surface area contributed by atoms with Crippen LogP contribution in [0.25, 0.3) is 0 Å². The Morgan fingerprint density at radius 3 is 0.917 bits per heavy atom. The number of hydrogen-bond acceptors (Lipinski definition) is 0. The summed E-state index contributed by atoms with van der Waals surface area (Å²) >= 11 is 0. The third kappa shape index (κ3) is 52000. The first-order chi connectivity index (χ1) is 9.89. The van der Waals surface area contributed by atoms with Crippen LogP contribution in [0, 0.1) is 27.7 Å². The van der Waals surface area contributed by atoms with Gasteiger partial charge in [-0.05, 0) is 19.3 Å².